The Hall–Kier alpha value is -2.32. The predicted octanol–water partition coefficient (Wildman–Crippen LogP) is 2.75. The number of methoxy groups -OCH3 is 1. The van der Waals surface area contributed by atoms with Crippen LogP contribution in [0.2, 0.25) is 0 Å². The normalized spacial score (nSPS) is 10.9. The van der Waals surface area contributed by atoms with Gasteiger partial charge in [-0.15, -0.1) is 11.3 Å². The highest BCUT2D eigenvalue weighted by Crippen LogP contribution is 2.21. The first-order chi connectivity index (χ1) is 12.5. The first kappa shape index (κ1) is 18.5. The van der Waals surface area contributed by atoms with Crippen LogP contribution in [0.15, 0.2) is 45.7 Å². The van der Waals surface area contributed by atoms with E-state index in [4.69, 9.17) is 4.74 Å². The van der Waals surface area contributed by atoms with Crippen LogP contribution in [0, 0.1) is 0 Å². The molecule has 0 aliphatic carbocycles. The molecule has 0 atom stereocenters. The fraction of sp³-hybridized carbons (Fsp3) is 0.278. The Kier molecular flexibility index (Phi) is 5.63. The molecule has 3 rings (SSSR count). The molecule has 0 saturated carbocycles. The van der Waals surface area contributed by atoms with Crippen LogP contribution in [0.25, 0.3) is 10.2 Å². The van der Waals surface area contributed by atoms with Gasteiger partial charge in [0.1, 0.15) is 10.4 Å². The van der Waals surface area contributed by atoms with Crippen molar-refractivity contribution in [1.29, 1.82) is 0 Å². The van der Waals surface area contributed by atoms with Crippen LogP contribution in [0.3, 0.4) is 0 Å². The number of carbonyl (C=O) groups is 1. The summed E-state index contributed by atoms with van der Waals surface area (Å²) >= 11 is 2.65. The second-order valence-corrected chi connectivity index (χ2v) is 7.64. The highest BCUT2D eigenvalue weighted by Gasteiger charge is 2.14. The minimum absolute atomic E-state index is 0.0301. The van der Waals surface area contributed by atoms with E-state index in [9.17, 15) is 9.59 Å². The maximum absolute atomic E-state index is 12.4. The summed E-state index contributed by atoms with van der Waals surface area (Å²) in [4.78, 5) is 30.9. The molecule has 0 saturated heterocycles. The van der Waals surface area contributed by atoms with Gasteiger partial charge >= 0.3 is 0 Å². The van der Waals surface area contributed by atoms with E-state index < -0.39 is 0 Å². The average Bonchev–Trinajstić information content (AvgIpc) is 3.12. The molecule has 0 aliphatic heterocycles. The van der Waals surface area contributed by atoms with Crippen LogP contribution in [-0.2, 0) is 18.4 Å². The van der Waals surface area contributed by atoms with Gasteiger partial charge in [0, 0.05) is 20.6 Å². The van der Waals surface area contributed by atoms with Crippen molar-refractivity contribution in [2.75, 3.05) is 19.9 Å². The lowest BCUT2D eigenvalue weighted by atomic mass is 10.2. The fourth-order valence-corrected chi connectivity index (χ4v) is 4.18. The summed E-state index contributed by atoms with van der Waals surface area (Å²) in [5.74, 6) is 0.953. The van der Waals surface area contributed by atoms with E-state index in [1.54, 1.807) is 26.1 Å². The zero-order valence-corrected chi connectivity index (χ0v) is 16.4. The number of hydrogen-bond donors (Lipinski definition) is 0. The number of amides is 1. The van der Waals surface area contributed by atoms with Crippen molar-refractivity contribution < 1.29 is 9.53 Å². The van der Waals surface area contributed by atoms with Crippen LogP contribution >= 0.6 is 23.1 Å². The van der Waals surface area contributed by atoms with Crippen LogP contribution in [0.1, 0.15) is 5.56 Å². The Bertz CT molecular complexity index is 997. The first-order valence-corrected chi connectivity index (χ1v) is 9.80. The summed E-state index contributed by atoms with van der Waals surface area (Å²) in [6, 6.07) is 9.45. The van der Waals surface area contributed by atoms with Gasteiger partial charge in [-0.05, 0) is 29.1 Å². The molecule has 0 radical (unpaired) electrons. The van der Waals surface area contributed by atoms with Gasteiger partial charge < -0.3 is 9.64 Å². The smallest absolute Gasteiger partial charge is 0.271 e. The quantitative estimate of drug-likeness (QED) is 0.479. The number of ether oxygens (including phenoxy) is 1. The van der Waals surface area contributed by atoms with Crippen LogP contribution < -0.4 is 10.3 Å². The van der Waals surface area contributed by atoms with E-state index in [0.29, 0.717) is 21.9 Å². The van der Waals surface area contributed by atoms with Gasteiger partial charge in [0.05, 0.1) is 18.4 Å². The minimum atomic E-state index is -0.0790. The zero-order valence-electron chi connectivity index (χ0n) is 14.8. The van der Waals surface area contributed by atoms with Gasteiger partial charge in [0.2, 0.25) is 5.91 Å². The minimum Gasteiger partial charge on any atom is -0.497 e. The Balaban J connectivity index is 1.66. The second kappa shape index (κ2) is 7.92. The number of fused-ring (bicyclic) bond motifs is 1. The summed E-state index contributed by atoms with van der Waals surface area (Å²) in [6.07, 6.45) is 0. The van der Waals surface area contributed by atoms with E-state index in [0.717, 1.165) is 11.3 Å². The van der Waals surface area contributed by atoms with Gasteiger partial charge in [0.25, 0.3) is 5.56 Å². The molecule has 2 aromatic heterocycles. The van der Waals surface area contributed by atoms with E-state index in [1.165, 1.54) is 27.7 Å². The number of carbonyl (C=O) groups excluding carboxylic acids is 1. The summed E-state index contributed by atoms with van der Waals surface area (Å²) in [5, 5.41) is 2.39. The first-order valence-electron chi connectivity index (χ1n) is 7.93. The number of thioether (sulfide) groups is 1. The molecule has 0 bridgehead atoms. The molecule has 1 amide bonds. The Labute approximate surface area is 159 Å². The van der Waals surface area contributed by atoms with E-state index in [2.05, 4.69) is 4.98 Å². The largest absolute Gasteiger partial charge is 0.497 e. The van der Waals surface area contributed by atoms with E-state index in [-0.39, 0.29) is 17.2 Å². The number of hydrogen-bond acceptors (Lipinski definition) is 6. The van der Waals surface area contributed by atoms with Crippen molar-refractivity contribution >= 4 is 39.2 Å². The molecule has 0 fully saturated rings. The monoisotopic (exact) mass is 389 g/mol. The van der Waals surface area contributed by atoms with Crippen molar-refractivity contribution in [1.82, 2.24) is 14.5 Å². The Morgan fingerprint density at radius 2 is 2.19 bits per heavy atom. The molecule has 3 aromatic rings. The fourth-order valence-electron chi connectivity index (χ4n) is 2.47. The molecule has 0 N–H and O–H groups in total. The third-order valence-electron chi connectivity index (χ3n) is 3.95. The van der Waals surface area contributed by atoms with Crippen molar-refractivity contribution in [2.45, 2.75) is 11.7 Å². The number of nitrogens with zero attached hydrogens (tertiary/aromatic N) is 3. The molecule has 0 spiro atoms. The summed E-state index contributed by atoms with van der Waals surface area (Å²) in [5.41, 5.74) is 1.60. The van der Waals surface area contributed by atoms with Gasteiger partial charge in [-0.3, -0.25) is 14.2 Å². The lowest BCUT2D eigenvalue weighted by Gasteiger charge is -2.17. The second-order valence-electron chi connectivity index (χ2n) is 5.78. The highest BCUT2D eigenvalue weighted by atomic mass is 32.2. The summed E-state index contributed by atoms with van der Waals surface area (Å²) < 4.78 is 7.34. The van der Waals surface area contributed by atoms with Crippen molar-refractivity contribution in [3.05, 3.63) is 51.6 Å². The zero-order chi connectivity index (χ0) is 18.7. The van der Waals surface area contributed by atoms with Gasteiger partial charge in [0.15, 0.2) is 5.16 Å². The predicted molar refractivity (Wildman–Crippen MR) is 105 cm³/mol. The van der Waals surface area contributed by atoms with Gasteiger partial charge in [-0.1, -0.05) is 23.9 Å². The molecule has 0 aliphatic rings. The maximum atomic E-state index is 12.4. The van der Waals surface area contributed by atoms with Crippen LogP contribution in [-0.4, -0.2) is 40.3 Å². The molecule has 6 nitrogen and oxygen atoms in total. The summed E-state index contributed by atoms with van der Waals surface area (Å²) in [6.45, 7) is 0.493. The van der Waals surface area contributed by atoms with Crippen LogP contribution in [0.5, 0.6) is 5.75 Å². The molecular formula is C18H19N3O3S2. The molecule has 0 unspecified atom stereocenters. The third-order valence-corrected chi connectivity index (χ3v) is 5.86. The Morgan fingerprint density at radius 1 is 1.38 bits per heavy atom. The van der Waals surface area contributed by atoms with Gasteiger partial charge in [-0.2, -0.15) is 0 Å². The Morgan fingerprint density at radius 3 is 2.96 bits per heavy atom. The van der Waals surface area contributed by atoms with E-state index >= 15 is 0 Å². The molecule has 8 heteroatoms. The third kappa shape index (κ3) is 3.91. The molecule has 136 valence electrons. The molecular weight excluding hydrogens is 370 g/mol. The lowest BCUT2D eigenvalue weighted by molar-refractivity contribution is -0.127. The number of rotatable bonds is 6. The summed E-state index contributed by atoms with van der Waals surface area (Å²) in [7, 11) is 5.06. The number of aromatic nitrogens is 2. The number of benzene rings is 1. The van der Waals surface area contributed by atoms with Crippen LogP contribution in [0.4, 0.5) is 0 Å². The molecule has 26 heavy (non-hydrogen) atoms. The van der Waals surface area contributed by atoms with Crippen molar-refractivity contribution in [3.8, 4) is 5.75 Å². The van der Waals surface area contributed by atoms with E-state index in [1.807, 2.05) is 35.7 Å². The lowest BCUT2D eigenvalue weighted by Crippen LogP contribution is -2.28. The topological polar surface area (TPSA) is 64.4 Å². The number of thiophene rings is 1. The molecule has 1 aromatic carbocycles. The van der Waals surface area contributed by atoms with Gasteiger partial charge in [-0.25, -0.2) is 4.98 Å². The average molecular weight is 390 g/mol. The van der Waals surface area contributed by atoms with Crippen molar-refractivity contribution in [3.63, 3.8) is 0 Å². The SMILES string of the molecule is COc1cccc(CN(C)C(=O)CSc2nc3ccsc3c(=O)n2C)c1. The highest BCUT2D eigenvalue weighted by molar-refractivity contribution is 7.99. The van der Waals surface area contributed by atoms with Crippen molar-refractivity contribution in [2.24, 2.45) is 7.05 Å². The maximum Gasteiger partial charge on any atom is 0.271 e. The molecule has 2 heterocycles. The standard InChI is InChI=1S/C18H19N3O3S2/c1-20(10-12-5-4-6-13(9-12)24-3)15(22)11-26-18-19-14-7-8-25-16(14)17(23)21(18)2/h4-9H,10-11H2,1-3H3.